The molecule has 0 unspecified atom stereocenters. The van der Waals surface area contributed by atoms with Crippen molar-refractivity contribution in [2.75, 3.05) is 6.61 Å². The van der Waals surface area contributed by atoms with Gasteiger partial charge in [-0.15, -0.1) is 11.3 Å². The third-order valence-corrected chi connectivity index (χ3v) is 5.31. The van der Waals surface area contributed by atoms with E-state index in [2.05, 4.69) is 5.32 Å². The Morgan fingerprint density at radius 1 is 1.35 bits per heavy atom. The topological polar surface area (TPSA) is 75.6 Å². The Morgan fingerprint density at radius 2 is 2.10 bits per heavy atom. The van der Waals surface area contributed by atoms with Crippen LogP contribution in [0.25, 0.3) is 0 Å². The highest BCUT2D eigenvalue weighted by Crippen LogP contribution is 2.32. The Morgan fingerprint density at radius 3 is 2.75 bits per heavy atom. The van der Waals surface area contributed by atoms with Crippen LogP contribution in [0, 0.1) is 0 Å². The third kappa shape index (κ3) is 2.33. The van der Waals surface area contributed by atoms with Crippen molar-refractivity contribution in [2.45, 2.75) is 44.2 Å². The van der Waals surface area contributed by atoms with E-state index in [1.165, 1.54) is 16.2 Å². The molecule has 1 aromatic rings. The lowest BCUT2D eigenvalue weighted by Gasteiger charge is -2.24. The first kappa shape index (κ1) is 13.6. The number of hydrogen-bond donors (Lipinski definition) is 2. The van der Waals surface area contributed by atoms with Crippen LogP contribution in [-0.2, 0) is 22.6 Å². The molecular weight excluding hydrogens is 278 g/mol. The number of carboxylic acid groups (broad SMARTS) is 1. The summed E-state index contributed by atoms with van der Waals surface area (Å²) in [6.07, 6.45) is 3.56. The maximum atomic E-state index is 12.3. The number of carbonyl (C=O) groups is 2. The van der Waals surface area contributed by atoms with Gasteiger partial charge in [0.15, 0.2) is 0 Å². The number of hydrogen-bond acceptors (Lipinski definition) is 4. The minimum atomic E-state index is -1.07. The first-order chi connectivity index (χ1) is 9.61. The summed E-state index contributed by atoms with van der Waals surface area (Å²) < 4.78 is 5.36. The Bertz CT molecular complexity index is 522. The van der Waals surface area contributed by atoms with Crippen LogP contribution in [0.2, 0.25) is 0 Å². The average molecular weight is 295 g/mol. The zero-order chi connectivity index (χ0) is 14.2. The normalized spacial score (nSPS) is 20.4. The standard InChI is InChI=1S/C14H17NO4S/c16-12(15-14(13(17)18)4-1-2-5-14)11-7-9-8-19-6-3-10(9)20-11/h7H,1-6,8H2,(H,15,16)(H,17,18). The number of aliphatic carboxylic acids is 1. The van der Waals surface area contributed by atoms with Gasteiger partial charge in [0, 0.05) is 11.3 Å². The summed E-state index contributed by atoms with van der Waals surface area (Å²) in [6.45, 7) is 1.23. The van der Waals surface area contributed by atoms with E-state index in [0.29, 0.717) is 30.9 Å². The van der Waals surface area contributed by atoms with Gasteiger partial charge in [0.2, 0.25) is 0 Å². The summed E-state index contributed by atoms with van der Waals surface area (Å²) in [4.78, 5) is 25.5. The number of rotatable bonds is 3. The molecule has 0 aromatic carbocycles. The summed E-state index contributed by atoms with van der Waals surface area (Å²) in [7, 11) is 0. The van der Waals surface area contributed by atoms with Gasteiger partial charge in [-0.25, -0.2) is 4.79 Å². The molecule has 6 heteroatoms. The maximum absolute atomic E-state index is 12.3. The molecule has 20 heavy (non-hydrogen) atoms. The van der Waals surface area contributed by atoms with Gasteiger partial charge in [-0.2, -0.15) is 0 Å². The van der Waals surface area contributed by atoms with Crippen LogP contribution in [0.15, 0.2) is 6.07 Å². The van der Waals surface area contributed by atoms with Crippen molar-refractivity contribution in [1.29, 1.82) is 0 Å². The second-order valence-electron chi connectivity index (χ2n) is 5.41. The molecule has 1 fully saturated rings. The second-order valence-corrected chi connectivity index (χ2v) is 6.55. The molecule has 108 valence electrons. The van der Waals surface area contributed by atoms with Crippen molar-refractivity contribution >= 4 is 23.2 Å². The van der Waals surface area contributed by atoms with E-state index in [-0.39, 0.29) is 5.91 Å². The number of ether oxygens (including phenoxy) is 1. The van der Waals surface area contributed by atoms with Gasteiger partial charge in [-0.05, 0) is 24.5 Å². The van der Waals surface area contributed by atoms with E-state index in [4.69, 9.17) is 4.74 Å². The zero-order valence-electron chi connectivity index (χ0n) is 11.1. The third-order valence-electron chi connectivity index (χ3n) is 4.07. The van der Waals surface area contributed by atoms with Gasteiger partial charge >= 0.3 is 5.97 Å². The van der Waals surface area contributed by atoms with Crippen LogP contribution >= 0.6 is 11.3 Å². The number of amides is 1. The molecule has 2 N–H and O–H groups in total. The predicted molar refractivity (Wildman–Crippen MR) is 74.0 cm³/mol. The lowest BCUT2D eigenvalue weighted by molar-refractivity contribution is -0.144. The molecule has 1 saturated carbocycles. The molecule has 1 aliphatic heterocycles. The molecule has 0 radical (unpaired) electrons. The monoisotopic (exact) mass is 295 g/mol. The van der Waals surface area contributed by atoms with Gasteiger partial charge in [0.1, 0.15) is 5.54 Å². The SMILES string of the molecule is O=C(NC1(C(=O)O)CCCC1)c1cc2c(s1)CCOC2. The Labute approximate surface area is 120 Å². The Hall–Kier alpha value is -1.40. The van der Waals surface area contributed by atoms with E-state index in [0.717, 1.165) is 24.8 Å². The van der Waals surface area contributed by atoms with Crippen LogP contribution < -0.4 is 5.32 Å². The Kier molecular flexibility index (Phi) is 3.52. The summed E-state index contributed by atoms with van der Waals surface area (Å²) in [5.74, 6) is -1.19. The number of thiophene rings is 1. The summed E-state index contributed by atoms with van der Waals surface area (Å²) in [5, 5.41) is 12.1. The molecule has 0 saturated heterocycles. The van der Waals surface area contributed by atoms with Gasteiger partial charge in [0.25, 0.3) is 5.91 Å². The molecule has 0 spiro atoms. The van der Waals surface area contributed by atoms with E-state index < -0.39 is 11.5 Å². The quantitative estimate of drug-likeness (QED) is 0.893. The summed E-state index contributed by atoms with van der Waals surface area (Å²) in [6, 6.07) is 1.83. The molecule has 0 atom stereocenters. The maximum Gasteiger partial charge on any atom is 0.329 e. The molecule has 3 rings (SSSR count). The van der Waals surface area contributed by atoms with Crippen LogP contribution in [0.4, 0.5) is 0 Å². The van der Waals surface area contributed by atoms with Gasteiger partial charge in [0.05, 0.1) is 18.1 Å². The number of nitrogens with one attached hydrogen (secondary N) is 1. The van der Waals surface area contributed by atoms with Crippen molar-refractivity contribution in [3.8, 4) is 0 Å². The minimum Gasteiger partial charge on any atom is -0.480 e. The highest BCUT2D eigenvalue weighted by atomic mass is 32.1. The Balaban J connectivity index is 1.78. The largest absolute Gasteiger partial charge is 0.480 e. The minimum absolute atomic E-state index is 0.270. The highest BCUT2D eigenvalue weighted by molar-refractivity contribution is 7.14. The van der Waals surface area contributed by atoms with Crippen LogP contribution in [0.3, 0.4) is 0 Å². The van der Waals surface area contributed by atoms with Crippen LogP contribution in [0.1, 0.15) is 45.8 Å². The van der Waals surface area contributed by atoms with E-state index >= 15 is 0 Å². The zero-order valence-corrected chi connectivity index (χ0v) is 11.9. The van der Waals surface area contributed by atoms with E-state index in [1.807, 2.05) is 6.07 Å². The van der Waals surface area contributed by atoms with Crippen molar-refractivity contribution in [3.63, 3.8) is 0 Å². The fraction of sp³-hybridized carbons (Fsp3) is 0.571. The first-order valence-electron chi connectivity index (χ1n) is 6.86. The summed E-state index contributed by atoms with van der Waals surface area (Å²) in [5.41, 5.74) is -0.0138. The molecule has 1 aliphatic carbocycles. The highest BCUT2D eigenvalue weighted by Gasteiger charge is 2.43. The van der Waals surface area contributed by atoms with Gasteiger partial charge in [-0.3, -0.25) is 4.79 Å². The molecule has 1 aromatic heterocycles. The van der Waals surface area contributed by atoms with E-state index in [1.54, 1.807) is 0 Å². The number of carboxylic acids is 1. The molecule has 2 aliphatic rings. The fourth-order valence-corrected chi connectivity index (χ4v) is 3.95. The fourth-order valence-electron chi connectivity index (χ4n) is 2.91. The van der Waals surface area contributed by atoms with Crippen molar-refractivity contribution in [3.05, 3.63) is 21.4 Å². The molecule has 1 amide bonds. The van der Waals surface area contributed by atoms with Crippen molar-refractivity contribution in [2.24, 2.45) is 0 Å². The number of carbonyl (C=O) groups excluding carboxylic acids is 1. The summed E-state index contributed by atoms with van der Waals surface area (Å²) >= 11 is 1.45. The van der Waals surface area contributed by atoms with Crippen molar-refractivity contribution < 1.29 is 19.4 Å². The average Bonchev–Trinajstić information content (AvgIpc) is 3.05. The second kappa shape index (κ2) is 5.18. The lowest BCUT2D eigenvalue weighted by Crippen LogP contribution is -2.52. The van der Waals surface area contributed by atoms with Crippen LogP contribution in [0.5, 0.6) is 0 Å². The molecular formula is C14H17NO4S. The molecule has 2 heterocycles. The lowest BCUT2D eigenvalue weighted by atomic mass is 9.98. The van der Waals surface area contributed by atoms with E-state index in [9.17, 15) is 14.7 Å². The molecule has 0 bridgehead atoms. The first-order valence-corrected chi connectivity index (χ1v) is 7.68. The van der Waals surface area contributed by atoms with Crippen LogP contribution in [-0.4, -0.2) is 29.1 Å². The van der Waals surface area contributed by atoms with Crippen molar-refractivity contribution in [1.82, 2.24) is 5.32 Å². The molecule has 5 nitrogen and oxygen atoms in total. The smallest absolute Gasteiger partial charge is 0.329 e. The number of fused-ring (bicyclic) bond motifs is 1. The van der Waals surface area contributed by atoms with Gasteiger partial charge < -0.3 is 15.2 Å². The predicted octanol–water partition coefficient (Wildman–Crippen LogP) is 1.95. The van der Waals surface area contributed by atoms with Gasteiger partial charge in [-0.1, -0.05) is 12.8 Å².